The van der Waals surface area contributed by atoms with E-state index in [1.807, 2.05) is 18.2 Å². The average molecular weight is 363 g/mol. The van der Waals surface area contributed by atoms with Gasteiger partial charge in [-0.3, -0.25) is 4.79 Å². The highest BCUT2D eigenvalue weighted by Crippen LogP contribution is 2.29. The number of halogens is 3. The van der Waals surface area contributed by atoms with Crippen LogP contribution in [0.3, 0.4) is 0 Å². The van der Waals surface area contributed by atoms with Gasteiger partial charge in [-0.05, 0) is 18.2 Å². The molecule has 1 unspecified atom stereocenters. The van der Waals surface area contributed by atoms with E-state index >= 15 is 0 Å². The number of carbonyl (C=O) groups is 1. The Morgan fingerprint density at radius 2 is 2.20 bits per heavy atom. The summed E-state index contributed by atoms with van der Waals surface area (Å²) in [5.41, 5.74) is 3.00. The van der Waals surface area contributed by atoms with Crippen LogP contribution in [0.4, 0.5) is 8.78 Å². The number of rotatable bonds is 4. The predicted molar refractivity (Wildman–Crippen MR) is 88.9 cm³/mol. The zero-order valence-corrected chi connectivity index (χ0v) is 13.7. The number of nitrogens with zero attached hydrogens (tertiary/aromatic N) is 4. The molecule has 1 saturated heterocycles. The van der Waals surface area contributed by atoms with E-state index in [9.17, 15) is 13.6 Å². The maximum atomic E-state index is 12.5. The third kappa shape index (κ3) is 2.95. The number of amides is 1. The molecule has 2 aromatic heterocycles. The molecule has 2 aliphatic rings. The number of likely N-dealkylation sites (tertiary alicyclic amines) is 1. The Morgan fingerprint density at radius 3 is 2.88 bits per heavy atom. The van der Waals surface area contributed by atoms with Gasteiger partial charge >= 0.3 is 0 Å². The van der Waals surface area contributed by atoms with Crippen LogP contribution in [0.15, 0.2) is 42.5 Å². The lowest BCUT2D eigenvalue weighted by Crippen LogP contribution is -2.26. The molecular formula is C17H13ClF2N4O. The van der Waals surface area contributed by atoms with Crippen molar-refractivity contribution in [1.29, 1.82) is 0 Å². The van der Waals surface area contributed by atoms with Crippen LogP contribution in [0.2, 0.25) is 5.15 Å². The summed E-state index contributed by atoms with van der Waals surface area (Å²) >= 11 is 5.99. The van der Waals surface area contributed by atoms with Crippen LogP contribution in [0.1, 0.15) is 17.8 Å². The molecule has 3 heterocycles. The monoisotopic (exact) mass is 362 g/mol. The quantitative estimate of drug-likeness (QED) is 0.837. The summed E-state index contributed by atoms with van der Waals surface area (Å²) in [7, 11) is 0. The third-order valence-electron chi connectivity index (χ3n) is 4.31. The lowest BCUT2D eigenvalue weighted by Gasteiger charge is -2.17. The molecule has 128 valence electrons. The van der Waals surface area contributed by atoms with Crippen LogP contribution >= 0.6 is 11.6 Å². The van der Waals surface area contributed by atoms with E-state index in [4.69, 9.17) is 11.6 Å². The van der Waals surface area contributed by atoms with Crippen molar-refractivity contribution in [2.75, 3.05) is 6.54 Å². The molecule has 0 radical (unpaired) electrons. The molecule has 0 aromatic carbocycles. The second-order valence-corrected chi connectivity index (χ2v) is 6.40. The van der Waals surface area contributed by atoms with Crippen molar-refractivity contribution in [2.45, 2.75) is 13.0 Å². The molecule has 2 aromatic rings. The largest absolute Gasteiger partial charge is 0.336 e. The molecule has 1 aliphatic heterocycles. The average Bonchev–Trinajstić information content (AvgIpc) is 2.99. The minimum Gasteiger partial charge on any atom is -0.336 e. The molecular weight excluding hydrogens is 350 g/mol. The van der Waals surface area contributed by atoms with Gasteiger partial charge in [-0.25, -0.2) is 9.50 Å². The van der Waals surface area contributed by atoms with E-state index in [0.717, 1.165) is 17.3 Å². The van der Waals surface area contributed by atoms with Crippen molar-refractivity contribution in [2.24, 2.45) is 5.92 Å². The van der Waals surface area contributed by atoms with Gasteiger partial charge in [0.2, 0.25) is 5.91 Å². The Kier molecular flexibility index (Phi) is 3.88. The number of hydrogen-bond donors (Lipinski definition) is 0. The summed E-state index contributed by atoms with van der Waals surface area (Å²) in [6, 6.07) is 3.40. The summed E-state index contributed by atoms with van der Waals surface area (Å²) in [6.45, 7) is 0.490. The number of hydrogen-bond acceptors (Lipinski definition) is 3. The molecule has 5 nitrogen and oxygen atoms in total. The molecule has 8 heteroatoms. The fourth-order valence-corrected chi connectivity index (χ4v) is 3.24. The standard InChI is InChI=1S/C17H13ClF2N4O/c18-13-4-5-15-21-17(11-2-1-3-11)12(24(15)22-13)9-23-8-10(6-14(19)20)7-16(23)25/h1-6,10H,7-9H2. The van der Waals surface area contributed by atoms with Gasteiger partial charge in [0.05, 0.1) is 17.9 Å². The van der Waals surface area contributed by atoms with Crippen LogP contribution in [0.5, 0.6) is 0 Å². The van der Waals surface area contributed by atoms with Gasteiger partial charge in [-0.2, -0.15) is 13.9 Å². The van der Waals surface area contributed by atoms with E-state index in [1.165, 1.54) is 0 Å². The Bertz CT molecular complexity index is 959. The lowest BCUT2D eigenvalue weighted by molar-refractivity contribution is -0.128. The van der Waals surface area contributed by atoms with E-state index < -0.39 is 12.0 Å². The summed E-state index contributed by atoms with van der Waals surface area (Å²) in [6.07, 6.45) is 4.91. The topological polar surface area (TPSA) is 50.5 Å². The minimum absolute atomic E-state index is 0.0835. The second kappa shape index (κ2) is 6.07. The van der Waals surface area contributed by atoms with Gasteiger partial charge in [-0.1, -0.05) is 29.8 Å². The zero-order chi connectivity index (χ0) is 17.6. The van der Waals surface area contributed by atoms with Gasteiger partial charge in [0.15, 0.2) is 5.65 Å². The van der Waals surface area contributed by atoms with E-state index in [2.05, 4.69) is 10.1 Å². The van der Waals surface area contributed by atoms with Gasteiger partial charge < -0.3 is 4.90 Å². The van der Waals surface area contributed by atoms with Gasteiger partial charge in [0.25, 0.3) is 6.08 Å². The van der Waals surface area contributed by atoms with Crippen molar-refractivity contribution >= 4 is 28.7 Å². The van der Waals surface area contributed by atoms with Gasteiger partial charge in [0.1, 0.15) is 5.15 Å². The summed E-state index contributed by atoms with van der Waals surface area (Å²) in [5.74, 6) is -0.636. The summed E-state index contributed by atoms with van der Waals surface area (Å²) in [5, 5.41) is 4.58. The van der Waals surface area contributed by atoms with Crippen LogP contribution in [-0.2, 0) is 11.3 Å². The molecule has 1 aliphatic carbocycles. The maximum Gasteiger partial charge on any atom is 0.266 e. The molecule has 4 rings (SSSR count). The molecule has 1 atom stereocenters. The first kappa shape index (κ1) is 16.0. The highest BCUT2D eigenvalue weighted by Gasteiger charge is 2.31. The third-order valence-corrected chi connectivity index (χ3v) is 4.51. The molecule has 0 spiro atoms. The van der Waals surface area contributed by atoms with E-state index in [1.54, 1.807) is 21.5 Å². The molecule has 1 fully saturated rings. The molecule has 0 N–H and O–H groups in total. The van der Waals surface area contributed by atoms with Crippen LogP contribution in [0, 0.1) is 5.92 Å². The molecule has 0 saturated carbocycles. The number of aromatic nitrogens is 3. The highest BCUT2D eigenvalue weighted by molar-refractivity contribution is 6.29. The number of imidazole rings is 1. The normalized spacial score (nSPS) is 19.3. The minimum atomic E-state index is -1.76. The smallest absolute Gasteiger partial charge is 0.266 e. The second-order valence-electron chi connectivity index (χ2n) is 6.01. The SMILES string of the molecule is O=C1CC(C=C(F)F)CN1Cc1c(C2=CC=C2)nc2ccc(Cl)nn12. The first-order valence-electron chi connectivity index (χ1n) is 7.75. The lowest BCUT2D eigenvalue weighted by atomic mass is 10.0. The first-order valence-corrected chi connectivity index (χ1v) is 8.12. The Labute approximate surface area is 146 Å². The summed E-state index contributed by atoms with van der Waals surface area (Å²) in [4.78, 5) is 18.3. The van der Waals surface area contributed by atoms with Crippen molar-refractivity contribution < 1.29 is 13.6 Å². The number of fused-ring (bicyclic) bond motifs is 1. The summed E-state index contributed by atoms with van der Waals surface area (Å²) < 4.78 is 26.6. The van der Waals surface area contributed by atoms with Gasteiger partial charge in [-0.15, -0.1) is 0 Å². The number of allylic oxidation sites excluding steroid dienone is 4. The van der Waals surface area contributed by atoms with Crippen molar-refractivity contribution in [1.82, 2.24) is 19.5 Å². The van der Waals surface area contributed by atoms with Crippen molar-refractivity contribution in [3.05, 3.63) is 59.1 Å². The predicted octanol–water partition coefficient (Wildman–Crippen LogP) is 3.46. The highest BCUT2D eigenvalue weighted by atomic mass is 35.5. The van der Waals surface area contributed by atoms with Gasteiger partial charge in [0, 0.05) is 24.5 Å². The molecule has 25 heavy (non-hydrogen) atoms. The fraction of sp³-hybridized carbons (Fsp3) is 0.235. The number of carbonyl (C=O) groups excluding carboxylic acids is 1. The zero-order valence-electron chi connectivity index (χ0n) is 13.0. The molecule has 1 amide bonds. The van der Waals surface area contributed by atoms with E-state index in [-0.39, 0.29) is 25.4 Å². The Morgan fingerprint density at radius 1 is 1.40 bits per heavy atom. The molecule has 0 bridgehead atoms. The Balaban J connectivity index is 1.70. The first-order chi connectivity index (χ1) is 12.0. The van der Waals surface area contributed by atoms with Crippen LogP contribution in [0.25, 0.3) is 11.2 Å². The van der Waals surface area contributed by atoms with E-state index in [0.29, 0.717) is 16.5 Å². The van der Waals surface area contributed by atoms with Crippen molar-refractivity contribution in [3.63, 3.8) is 0 Å². The van der Waals surface area contributed by atoms with Crippen LogP contribution in [-0.4, -0.2) is 31.9 Å². The van der Waals surface area contributed by atoms with Crippen molar-refractivity contribution in [3.8, 4) is 0 Å². The van der Waals surface area contributed by atoms with Crippen LogP contribution < -0.4 is 0 Å². The fourth-order valence-electron chi connectivity index (χ4n) is 3.11. The Hall–Kier alpha value is -2.54. The maximum absolute atomic E-state index is 12.5.